The molecule has 3 N–H and O–H groups in total. The third-order valence-electron chi connectivity index (χ3n) is 3.53. The van der Waals surface area contributed by atoms with Crippen molar-refractivity contribution in [1.29, 1.82) is 0 Å². The minimum absolute atomic E-state index is 0.0443. The second-order valence-electron chi connectivity index (χ2n) is 5.33. The summed E-state index contributed by atoms with van der Waals surface area (Å²) in [5.41, 5.74) is 2.42. The van der Waals surface area contributed by atoms with Crippen LogP contribution >= 0.6 is 12.2 Å². The van der Waals surface area contributed by atoms with Crippen molar-refractivity contribution < 1.29 is 9.84 Å². The number of hydrogen-bond acceptors (Lipinski definition) is 3. The zero-order valence-electron chi connectivity index (χ0n) is 13.5. The third-order valence-corrected chi connectivity index (χ3v) is 3.73. The second kappa shape index (κ2) is 8.28. The molecule has 4 nitrogen and oxygen atoms in total. The maximum atomic E-state index is 9.36. The Morgan fingerprint density at radius 3 is 2.16 bits per heavy atom. The van der Waals surface area contributed by atoms with Gasteiger partial charge in [0.2, 0.25) is 0 Å². The molecule has 0 aliphatic carbocycles. The van der Waals surface area contributed by atoms with Gasteiger partial charge in [-0.25, -0.2) is 0 Å². The van der Waals surface area contributed by atoms with Crippen molar-refractivity contribution in [2.45, 2.75) is 6.61 Å². The topological polar surface area (TPSA) is 53.5 Å². The monoisotopic (exact) mass is 350 g/mol. The van der Waals surface area contributed by atoms with Crippen molar-refractivity contribution in [3.63, 3.8) is 0 Å². The zero-order chi connectivity index (χ0) is 17.5. The summed E-state index contributed by atoms with van der Waals surface area (Å²) < 4.78 is 5.76. The number of thiocarbonyl (C=S) groups is 1. The minimum atomic E-state index is -0.0443. The summed E-state index contributed by atoms with van der Waals surface area (Å²) in [5, 5.41) is 16.0. The summed E-state index contributed by atoms with van der Waals surface area (Å²) in [6, 6.07) is 24.6. The first-order valence-electron chi connectivity index (χ1n) is 7.84. The van der Waals surface area contributed by atoms with Crippen LogP contribution in [0.3, 0.4) is 0 Å². The van der Waals surface area contributed by atoms with Gasteiger partial charge < -0.3 is 20.5 Å². The van der Waals surface area contributed by atoms with Crippen molar-refractivity contribution >= 4 is 28.7 Å². The van der Waals surface area contributed by atoms with E-state index in [-0.39, 0.29) is 6.61 Å². The smallest absolute Gasteiger partial charge is 0.175 e. The quantitative estimate of drug-likeness (QED) is 0.578. The molecule has 0 heterocycles. The predicted octanol–water partition coefficient (Wildman–Crippen LogP) is 4.78. The molecule has 0 fully saturated rings. The number of para-hydroxylation sites is 2. The lowest BCUT2D eigenvalue weighted by molar-refractivity contribution is 0.282. The van der Waals surface area contributed by atoms with E-state index < -0.39 is 0 Å². The van der Waals surface area contributed by atoms with Gasteiger partial charge in [-0.3, -0.25) is 0 Å². The highest BCUT2D eigenvalue weighted by atomic mass is 32.1. The Labute approximate surface area is 152 Å². The average molecular weight is 350 g/mol. The summed E-state index contributed by atoms with van der Waals surface area (Å²) in [6.45, 7) is -0.0443. The number of rotatable bonds is 5. The van der Waals surface area contributed by atoms with Gasteiger partial charge in [0, 0.05) is 16.9 Å². The Morgan fingerprint density at radius 1 is 0.800 bits per heavy atom. The molecule has 25 heavy (non-hydrogen) atoms. The summed E-state index contributed by atoms with van der Waals surface area (Å²) in [5.74, 6) is 1.54. The molecule has 0 atom stereocenters. The largest absolute Gasteiger partial charge is 0.457 e. The summed E-state index contributed by atoms with van der Waals surface area (Å²) >= 11 is 5.33. The molecule has 0 saturated heterocycles. The van der Waals surface area contributed by atoms with Gasteiger partial charge in [0.1, 0.15) is 11.5 Å². The van der Waals surface area contributed by atoms with Gasteiger partial charge in [-0.2, -0.15) is 0 Å². The molecule has 0 bridgehead atoms. The van der Waals surface area contributed by atoms with Crippen LogP contribution in [0.15, 0.2) is 78.9 Å². The van der Waals surface area contributed by atoms with Crippen LogP contribution in [0.25, 0.3) is 0 Å². The average Bonchev–Trinajstić information content (AvgIpc) is 2.64. The Kier molecular flexibility index (Phi) is 5.61. The van der Waals surface area contributed by atoms with Crippen molar-refractivity contribution in [1.82, 2.24) is 0 Å². The molecule has 126 valence electrons. The lowest BCUT2D eigenvalue weighted by atomic mass is 10.2. The standard InChI is InChI=1S/C20H18N2O2S/c23-14-15-6-4-5-9-19(15)22-20(25)21-16-10-12-18(13-11-16)24-17-7-2-1-3-8-17/h1-13,23H,14H2,(H2,21,22,25). The van der Waals surface area contributed by atoms with Crippen molar-refractivity contribution in [3.05, 3.63) is 84.4 Å². The first-order chi connectivity index (χ1) is 12.2. The van der Waals surface area contributed by atoms with E-state index in [2.05, 4.69) is 10.6 Å². The molecule has 3 aromatic carbocycles. The van der Waals surface area contributed by atoms with E-state index in [0.29, 0.717) is 5.11 Å². The number of nitrogens with one attached hydrogen (secondary N) is 2. The van der Waals surface area contributed by atoms with Gasteiger partial charge in [0.15, 0.2) is 5.11 Å². The Bertz CT molecular complexity index is 836. The molecular weight excluding hydrogens is 332 g/mol. The fourth-order valence-electron chi connectivity index (χ4n) is 2.30. The SMILES string of the molecule is OCc1ccccc1NC(=S)Nc1ccc(Oc2ccccc2)cc1. The number of aliphatic hydroxyl groups is 1. The van der Waals surface area contributed by atoms with Crippen LogP contribution < -0.4 is 15.4 Å². The first kappa shape index (κ1) is 17.0. The molecule has 0 aliphatic rings. The first-order valence-corrected chi connectivity index (χ1v) is 8.25. The molecule has 0 amide bonds. The van der Waals surface area contributed by atoms with Crippen molar-refractivity contribution in [2.75, 3.05) is 10.6 Å². The summed E-state index contributed by atoms with van der Waals surface area (Å²) in [7, 11) is 0. The maximum Gasteiger partial charge on any atom is 0.175 e. The van der Waals surface area contributed by atoms with Crippen molar-refractivity contribution in [2.24, 2.45) is 0 Å². The lowest BCUT2D eigenvalue weighted by Gasteiger charge is -2.13. The molecule has 0 aliphatic heterocycles. The van der Waals surface area contributed by atoms with Crippen LogP contribution in [0.1, 0.15) is 5.56 Å². The Balaban J connectivity index is 1.60. The van der Waals surface area contributed by atoms with Crippen LogP contribution in [-0.4, -0.2) is 10.2 Å². The molecule has 0 unspecified atom stereocenters. The predicted molar refractivity (Wildman–Crippen MR) is 105 cm³/mol. The molecule has 5 heteroatoms. The zero-order valence-corrected chi connectivity index (χ0v) is 14.3. The molecule has 0 saturated carbocycles. The van der Waals surface area contributed by atoms with E-state index in [1.807, 2.05) is 78.9 Å². The minimum Gasteiger partial charge on any atom is -0.457 e. The van der Waals surface area contributed by atoms with E-state index in [4.69, 9.17) is 17.0 Å². The molecule has 0 aromatic heterocycles. The highest BCUT2D eigenvalue weighted by Gasteiger charge is 2.04. The number of hydrogen-bond donors (Lipinski definition) is 3. The molecule has 0 radical (unpaired) electrons. The normalized spacial score (nSPS) is 10.1. The van der Waals surface area contributed by atoms with E-state index >= 15 is 0 Å². The van der Waals surface area contributed by atoms with Gasteiger partial charge in [-0.1, -0.05) is 36.4 Å². The molecule has 3 rings (SSSR count). The maximum absolute atomic E-state index is 9.36. The second-order valence-corrected chi connectivity index (χ2v) is 5.74. The lowest BCUT2D eigenvalue weighted by Crippen LogP contribution is -2.19. The Morgan fingerprint density at radius 2 is 1.44 bits per heavy atom. The Hall–Kier alpha value is -2.89. The highest BCUT2D eigenvalue weighted by Crippen LogP contribution is 2.23. The number of aliphatic hydroxyl groups excluding tert-OH is 1. The number of anilines is 2. The van der Waals surface area contributed by atoms with Gasteiger partial charge in [-0.05, 0) is 54.7 Å². The van der Waals surface area contributed by atoms with Crippen molar-refractivity contribution in [3.8, 4) is 11.5 Å². The van der Waals surface area contributed by atoms with Gasteiger partial charge in [0.05, 0.1) is 6.61 Å². The van der Waals surface area contributed by atoms with Crippen LogP contribution in [0, 0.1) is 0 Å². The summed E-state index contributed by atoms with van der Waals surface area (Å²) in [4.78, 5) is 0. The fraction of sp³-hybridized carbons (Fsp3) is 0.0500. The molecule has 0 spiro atoms. The van der Waals surface area contributed by atoms with E-state index in [1.54, 1.807) is 0 Å². The van der Waals surface area contributed by atoms with E-state index in [0.717, 1.165) is 28.4 Å². The van der Waals surface area contributed by atoms with Gasteiger partial charge >= 0.3 is 0 Å². The summed E-state index contributed by atoms with van der Waals surface area (Å²) in [6.07, 6.45) is 0. The van der Waals surface area contributed by atoms with Crippen LogP contribution in [-0.2, 0) is 6.61 Å². The highest BCUT2D eigenvalue weighted by molar-refractivity contribution is 7.80. The van der Waals surface area contributed by atoms with Gasteiger partial charge in [0.25, 0.3) is 0 Å². The third kappa shape index (κ3) is 4.79. The molecule has 3 aromatic rings. The van der Waals surface area contributed by atoms with Crippen LogP contribution in [0.4, 0.5) is 11.4 Å². The van der Waals surface area contributed by atoms with Gasteiger partial charge in [-0.15, -0.1) is 0 Å². The fourth-order valence-corrected chi connectivity index (χ4v) is 2.52. The van der Waals surface area contributed by atoms with E-state index in [9.17, 15) is 5.11 Å². The molecular formula is C20H18N2O2S. The number of ether oxygens (including phenoxy) is 1. The number of benzene rings is 3. The van der Waals surface area contributed by atoms with Crippen LogP contribution in [0.2, 0.25) is 0 Å². The van der Waals surface area contributed by atoms with E-state index in [1.165, 1.54) is 0 Å². The van der Waals surface area contributed by atoms with Crippen LogP contribution in [0.5, 0.6) is 11.5 Å².